The molecule has 1 N–H and O–H groups in total. The lowest BCUT2D eigenvalue weighted by atomic mass is 9.95. The summed E-state index contributed by atoms with van der Waals surface area (Å²) in [6, 6.07) is 7.62. The molecule has 0 aliphatic carbocycles. The molecule has 2 nitrogen and oxygen atoms in total. The first-order valence-electron chi connectivity index (χ1n) is 6.79. The van der Waals surface area contributed by atoms with Crippen LogP contribution in [0.1, 0.15) is 34.9 Å². The number of benzene rings is 1. The van der Waals surface area contributed by atoms with Crippen LogP contribution in [-0.4, -0.2) is 7.05 Å². The van der Waals surface area contributed by atoms with Crippen molar-refractivity contribution in [2.24, 2.45) is 0 Å². The van der Waals surface area contributed by atoms with E-state index in [0.29, 0.717) is 5.56 Å². The SMILES string of the molecule is CNC(CCc1ccco1)c1ccc(C(F)(F)F)cc1C. The van der Waals surface area contributed by atoms with Crippen LogP contribution in [0.15, 0.2) is 41.0 Å². The monoisotopic (exact) mass is 297 g/mol. The number of rotatable bonds is 5. The Labute approximate surface area is 122 Å². The van der Waals surface area contributed by atoms with Crippen LogP contribution < -0.4 is 5.32 Å². The summed E-state index contributed by atoms with van der Waals surface area (Å²) in [6.45, 7) is 1.71. The Hall–Kier alpha value is -1.75. The highest BCUT2D eigenvalue weighted by molar-refractivity contribution is 5.34. The Kier molecular flexibility index (Phi) is 4.73. The van der Waals surface area contributed by atoms with Crippen molar-refractivity contribution in [1.29, 1.82) is 0 Å². The molecule has 0 spiro atoms. The molecule has 0 fully saturated rings. The molecular formula is C16H18F3NO. The largest absolute Gasteiger partial charge is 0.469 e. The minimum Gasteiger partial charge on any atom is -0.469 e. The molecule has 5 heteroatoms. The summed E-state index contributed by atoms with van der Waals surface area (Å²) in [5, 5.41) is 3.16. The lowest BCUT2D eigenvalue weighted by molar-refractivity contribution is -0.137. The fourth-order valence-corrected chi connectivity index (χ4v) is 2.44. The van der Waals surface area contributed by atoms with Gasteiger partial charge in [0, 0.05) is 12.5 Å². The minimum absolute atomic E-state index is 0.00242. The number of alkyl halides is 3. The van der Waals surface area contributed by atoms with Crippen molar-refractivity contribution in [2.75, 3.05) is 7.05 Å². The maximum Gasteiger partial charge on any atom is 0.416 e. The zero-order valence-corrected chi connectivity index (χ0v) is 12.0. The summed E-state index contributed by atoms with van der Waals surface area (Å²) >= 11 is 0. The Morgan fingerprint density at radius 2 is 2.00 bits per heavy atom. The maximum atomic E-state index is 12.7. The molecule has 1 aromatic carbocycles. The van der Waals surface area contributed by atoms with E-state index in [1.54, 1.807) is 19.3 Å². The van der Waals surface area contributed by atoms with Gasteiger partial charge in [0.05, 0.1) is 11.8 Å². The van der Waals surface area contributed by atoms with Crippen molar-refractivity contribution in [3.8, 4) is 0 Å². The second kappa shape index (κ2) is 6.35. The molecule has 1 unspecified atom stereocenters. The van der Waals surface area contributed by atoms with Gasteiger partial charge >= 0.3 is 6.18 Å². The van der Waals surface area contributed by atoms with Gasteiger partial charge in [-0.15, -0.1) is 0 Å². The third-order valence-electron chi connectivity index (χ3n) is 3.58. The Balaban J connectivity index is 2.14. The molecule has 21 heavy (non-hydrogen) atoms. The highest BCUT2D eigenvalue weighted by Crippen LogP contribution is 2.32. The topological polar surface area (TPSA) is 25.2 Å². The molecule has 114 valence electrons. The average Bonchev–Trinajstić information content (AvgIpc) is 2.93. The van der Waals surface area contributed by atoms with Crippen LogP contribution in [0.4, 0.5) is 13.2 Å². The second-order valence-corrected chi connectivity index (χ2v) is 5.03. The Morgan fingerprint density at radius 1 is 1.24 bits per heavy atom. The molecule has 0 bridgehead atoms. The Morgan fingerprint density at radius 3 is 2.52 bits per heavy atom. The van der Waals surface area contributed by atoms with Gasteiger partial charge in [-0.1, -0.05) is 6.07 Å². The van der Waals surface area contributed by atoms with E-state index < -0.39 is 11.7 Å². The van der Waals surface area contributed by atoms with Crippen LogP contribution in [0.5, 0.6) is 0 Å². The number of nitrogens with one attached hydrogen (secondary N) is 1. The van der Waals surface area contributed by atoms with E-state index in [1.165, 1.54) is 6.07 Å². The molecule has 0 amide bonds. The van der Waals surface area contributed by atoms with Gasteiger partial charge in [0.1, 0.15) is 5.76 Å². The van der Waals surface area contributed by atoms with Gasteiger partial charge in [-0.25, -0.2) is 0 Å². The highest BCUT2D eigenvalue weighted by atomic mass is 19.4. The fraction of sp³-hybridized carbons (Fsp3) is 0.375. The quantitative estimate of drug-likeness (QED) is 0.879. The number of hydrogen-bond donors (Lipinski definition) is 1. The van der Waals surface area contributed by atoms with E-state index in [9.17, 15) is 13.2 Å². The first-order chi connectivity index (χ1) is 9.91. The third kappa shape index (κ3) is 3.88. The van der Waals surface area contributed by atoms with Crippen LogP contribution in [-0.2, 0) is 12.6 Å². The van der Waals surface area contributed by atoms with Gasteiger partial charge in [-0.3, -0.25) is 0 Å². The minimum atomic E-state index is -4.30. The van der Waals surface area contributed by atoms with Crippen molar-refractivity contribution in [3.05, 3.63) is 59.0 Å². The molecule has 0 saturated heterocycles. The summed E-state index contributed by atoms with van der Waals surface area (Å²) < 4.78 is 43.3. The molecular weight excluding hydrogens is 279 g/mol. The van der Waals surface area contributed by atoms with Crippen molar-refractivity contribution in [1.82, 2.24) is 5.32 Å². The average molecular weight is 297 g/mol. The molecule has 0 radical (unpaired) electrons. The predicted molar refractivity (Wildman–Crippen MR) is 75.0 cm³/mol. The fourth-order valence-electron chi connectivity index (χ4n) is 2.44. The number of aryl methyl sites for hydroxylation is 2. The normalized spacial score (nSPS) is 13.4. The van der Waals surface area contributed by atoms with Crippen molar-refractivity contribution < 1.29 is 17.6 Å². The first kappa shape index (κ1) is 15.6. The molecule has 0 aliphatic heterocycles. The summed E-state index contributed by atoms with van der Waals surface area (Å²) in [7, 11) is 1.81. The van der Waals surface area contributed by atoms with Gasteiger partial charge < -0.3 is 9.73 Å². The first-order valence-corrected chi connectivity index (χ1v) is 6.79. The van der Waals surface area contributed by atoms with Gasteiger partial charge in [0.25, 0.3) is 0 Å². The van der Waals surface area contributed by atoms with E-state index >= 15 is 0 Å². The van der Waals surface area contributed by atoms with E-state index in [4.69, 9.17) is 4.42 Å². The lowest BCUT2D eigenvalue weighted by Gasteiger charge is -2.19. The van der Waals surface area contributed by atoms with Crippen molar-refractivity contribution in [3.63, 3.8) is 0 Å². The molecule has 2 aromatic rings. The van der Waals surface area contributed by atoms with E-state index in [0.717, 1.165) is 30.2 Å². The standard InChI is InChI=1S/C16H18F3NO/c1-11-10-12(16(17,18)19)5-7-14(11)15(20-2)8-6-13-4-3-9-21-13/h3-5,7,9-10,15,20H,6,8H2,1-2H3. The molecule has 2 rings (SSSR count). The predicted octanol–water partition coefficient (Wildman–Crippen LogP) is 4.50. The number of hydrogen-bond acceptors (Lipinski definition) is 2. The van der Waals surface area contributed by atoms with Crippen LogP contribution in [0, 0.1) is 6.92 Å². The van der Waals surface area contributed by atoms with Gasteiger partial charge in [-0.05, 0) is 55.8 Å². The smallest absolute Gasteiger partial charge is 0.416 e. The zero-order chi connectivity index (χ0) is 15.5. The van der Waals surface area contributed by atoms with E-state index in [1.807, 2.05) is 19.2 Å². The highest BCUT2D eigenvalue weighted by Gasteiger charge is 2.31. The zero-order valence-electron chi connectivity index (χ0n) is 12.0. The molecule has 1 aromatic heterocycles. The summed E-state index contributed by atoms with van der Waals surface area (Å²) in [5.41, 5.74) is 0.922. The van der Waals surface area contributed by atoms with Crippen molar-refractivity contribution in [2.45, 2.75) is 32.0 Å². The number of halogens is 3. The van der Waals surface area contributed by atoms with E-state index in [-0.39, 0.29) is 6.04 Å². The number of furan rings is 1. The summed E-state index contributed by atoms with van der Waals surface area (Å²) in [4.78, 5) is 0. The lowest BCUT2D eigenvalue weighted by Crippen LogP contribution is -2.18. The summed E-state index contributed by atoms with van der Waals surface area (Å²) in [5.74, 6) is 0.875. The van der Waals surface area contributed by atoms with Gasteiger partial charge in [-0.2, -0.15) is 13.2 Å². The van der Waals surface area contributed by atoms with Crippen LogP contribution in [0.3, 0.4) is 0 Å². The second-order valence-electron chi connectivity index (χ2n) is 5.03. The molecule has 1 atom stereocenters. The van der Waals surface area contributed by atoms with Gasteiger partial charge in [0.2, 0.25) is 0 Å². The van der Waals surface area contributed by atoms with Crippen LogP contribution in [0.25, 0.3) is 0 Å². The Bertz CT molecular complexity index is 576. The van der Waals surface area contributed by atoms with Crippen LogP contribution in [0.2, 0.25) is 0 Å². The van der Waals surface area contributed by atoms with Crippen molar-refractivity contribution >= 4 is 0 Å². The van der Waals surface area contributed by atoms with Gasteiger partial charge in [0.15, 0.2) is 0 Å². The molecule has 0 aliphatic rings. The van der Waals surface area contributed by atoms with E-state index in [2.05, 4.69) is 5.32 Å². The molecule has 0 saturated carbocycles. The maximum absolute atomic E-state index is 12.7. The summed E-state index contributed by atoms with van der Waals surface area (Å²) in [6.07, 6.45) is -1.19. The third-order valence-corrected chi connectivity index (χ3v) is 3.58. The van der Waals surface area contributed by atoms with Crippen LogP contribution >= 0.6 is 0 Å². The molecule has 1 heterocycles.